The molecule has 1 fully saturated rings. The third kappa shape index (κ3) is 3.58. The van der Waals surface area contributed by atoms with Gasteiger partial charge in [0, 0.05) is 17.4 Å². The molecule has 5 nitrogen and oxygen atoms in total. The highest BCUT2D eigenvalue weighted by atomic mass is 32.2. The Hall–Kier alpha value is -1.95. The van der Waals surface area contributed by atoms with E-state index in [-0.39, 0.29) is 5.91 Å². The maximum atomic E-state index is 12.1. The molecule has 0 aliphatic carbocycles. The summed E-state index contributed by atoms with van der Waals surface area (Å²) in [5, 5.41) is 9.09. The standard InChI is InChI=1S/C15H17NO4S/c1-10-3-5-13(20-2)11(7-10)4-6-14(17)16-9-21-8-12(16)15(18)19/h3-7,12H,8-9H2,1-2H3,(H,18,19)/b6-4+. The molecule has 1 aromatic rings. The smallest absolute Gasteiger partial charge is 0.327 e. The highest BCUT2D eigenvalue weighted by Gasteiger charge is 2.33. The highest BCUT2D eigenvalue weighted by Crippen LogP contribution is 2.23. The highest BCUT2D eigenvalue weighted by molar-refractivity contribution is 7.99. The normalized spacial score (nSPS) is 18.2. The molecule has 1 unspecified atom stereocenters. The molecular formula is C15H17NO4S. The van der Waals surface area contributed by atoms with E-state index < -0.39 is 12.0 Å². The molecule has 1 aliphatic heterocycles. The summed E-state index contributed by atoms with van der Waals surface area (Å²) in [6, 6.07) is 4.93. The molecule has 0 bridgehead atoms. The number of ether oxygens (including phenoxy) is 1. The molecule has 1 N–H and O–H groups in total. The Kier molecular flexibility index (Phi) is 4.90. The molecule has 1 saturated heterocycles. The summed E-state index contributed by atoms with van der Waals surface area (Å²) in [6.45, 7) is 1.95. The summed E-state index contributed by atoms with van der Waals surface area (Å²) < 4.78 is 5.24. The van der Waals surface area contributed by atoms with Crippen molar-refractivity contribution < 1.29 is 19.4 Å². The van der Waals surface area contributed by atoms with Gasteiger partial charge in [-0.15, -0.1) is 11.8 Å². The minimum absolute atomic E-state index is 0.295. The third-order valence-corrected chi connectivity index (χ3v) is 4.25. The van der Waals surface area contributed by atoms with Crippen LogP contribution in [-0.2, 0) is 9.59 Å². The predicted octanol–water partition coefficient (Wildman–Crippen LogP) is 2.00. The van der Waals surface area contributed by atoms with E-state index in [1.165, 1.54) is 22.7 Å². The molecule has 1 heterocycles. The van der Waals surface area contributed by atoms with E-state index in [4.69, 9.17) is 9.84 Å². The van der Waals surface area contributed by atoms with Gasteiger partial charge in [-0.05, 0) is 25.1 Å². The van der Waals surface area contributed by atoms with Crippen LogP contribution in [0.3, 0.4) is 0 Å². The second-order valence-electron chi connectivity index (χ2n) is 4.74. The number of carboxylic acid groups (broad SMARTS) is 1. The van der Waals surface area contributed by atoms with Gasteiger partial charge in [0.15, 0.2) is 0 Å². The molecule has 112 valence electrons. The van der Waals surface area contributed by atoms with Crippen molar-refractivity contribution >= 4 is 29.7 Å². The Morgan fingerprint density at radius 2 is 2.24 bits per heavy atom. The van der Waals surface area contributed by atoms with Gasteiger partial charge in [0.1, 0.15) is 11.8 Å². The van der Waals surface area contributed by atoms with Crippen LogP contribution in [0.1, 0.15) is 11.1 Å². The van der Waals surface area contributed by atoms with Crippen molar-refractivity contribution in [3.63, 3.8) is 0 Å². The zero-order valence-electron chi connectivity index (χ0n) is 11.9. The Morgan fingerprint density at radius 3 is 2.90 bits per heavy atom. The predicted molar refractivity (Wildman–Crippen MR) is 82.4 cm³/mol. The van der Waals surface area contributed by atoms with Gasteiger partial charge >= 0.3 is 5.97 Å². The van der Waals surface area contributed by atoms with Crippen LogP contribution < -0.4 is 4.74 Å². The largest absolute Gasteiger partial charge is 0.496 e. The number of nitrogens with zero attached hydrogens (tertiary/aromatic N) is 1. The fourth-order valence-electron chi connectivity index (χ4n) is 2.11. The summed E-state index contributed by atoms with van der Waals surface area (Å²) in [5.74, 6) is 0.259. The van der Waals surface area contributed by atoms with Crippen LogP contribution in [0.4, 0.5) is 0 Å². The van der Waals surface area contributed by atoms with Crippen molar-refractivity contribution in [2.75, 3.05) is 18.7 Å². The molecule has 2 rings (SSSR count). The number of benzene rings is 1. The van der Waals surface area contributed by atoms with Crippen molar-refractivity contribution in [1.29, 1.82) is 0 Å². The number of aliphatic carboxylic acids is 1. The number of methoxy groups -OCH3 is 1. The van der Waals surface area contributed by atoms with Crippen molar-refractivity contribution in [2.45, 2.75) is 13.0 Å². The lowest BCUT2D eigenvalue weighted by Crippen LogP contribution is -2.40. The number of thioether (sulfide) groups is 1. The number of carbonyl (C=O) groups is 2. The van der Waals surface area contributed by atoms with Gasteiger partial charge in [-0.25, -0.2) is 4.79 Å². The summed E-state index contributed by atoms with van der Waals surface area (Å²) in [5.41, 5.74) is 1.85. The number of aryl methyl sites for hydroxylation is 1. The van der Waals surface area contributed by atoms with Crippen LogP contribution in [-0.4, -0.2) is 46.7 Å². The van der Waals surface area contributed by atoms with Gasteiger partial charge < -0.3 is 14.7 Å². The molecule has 1 amide bonds. The van der Waals surface area contributed by atoms with Crippen molar-refractivity contribution in [1.82, 2.24) is 4.90 Å². The Morgan fingerprint density at radius 1 is 1.48 bits per heavy atom. The number of hydrogen-bond donors (Lipinski definition) is 1. The lowest BCUT2D eigenvalue weighted by atomic mass is 10.1. The summed E-state index contributed by atoms with van der Waals surface area (Å²) in [6.07, 6.45) is 3.06. The minimum Gasteiger partial charge on any atom is -0.496 e. The number of hydrogen-bond acceptors (Lipinski definition) is 4. The zero-order valence-corrected chi connectivity index (χ0v) is 12.7. The topological polar surface area (TPSA) is 66.8 Å². The molecule has 1 atom stereocenters. The quantitative estimate of drug-likeness (QED) is 0.862. The molecule has 21 heavy (non-hydrogen) atoms. The van der Waals surface area contributed by atoms with Crippen LogP contribution in [0.25, 0.3) is 6.08 Å². The first-order valence-electron chi connectivity index (χ1n) is 6.47. The molecule has 0 saturated carbocycles. The van der Waals surface area contributed by atoms with E-state index in [1.807, 2.05) is 25.1 Å². The number of carboxylic acids is 1. The maximum absolute atomic E-state index is 12.1. The van der Waals surface area contributed by atoms with Crippen molar-refractivity contribution in [3.05, 3.63) is 35.4 Å². The van der Waals surface area contributed by atoms with Gasteiger partial charge in [0.2, 0.25) is 5.91 Å². The Bertz CT molecular complexity index is 585. The lowest BCUT2D eigenvalue weighted by molar-refractivity contribution is -0.146. The first-order valence-corrected chi connectivity index (χ1v) is 7.62. The maximum Gasteiger partial charge on any atom is 0.327 e. The molecule has 1 aromatic carbocycles. The average molecular weight is 307 g/mol. The van der Waals surface area contributed by atoms with E-state index in [2.05, 4.69) is 0 Å². The summed E-state index contributed by atoms with van der Waals surface area (Å²) in [4.78, 5) is 24.6. The second-order valence-corrected chi connectivity index (χ2v) is 5.74. The minimum atomic E-state index is -0.963. The fourth-order valence-corrected chi connectivity index (χ4v) is 3.26. The van der Waals surface area contributed by atoms with Crippen molar-refractivity contribution in [2.24, 2.45) is 0 Å². The van der Waals surface area contributed by atoms with Crippen LogP contribution in [0.5, 0.6) is 5.75 Å². The molecule has 0 spiro atoms. The molecular weight excluding hydrogens is 290 g/mol. The first kappa shape index (κ1) is 15.4. The molecule has 0 aromatic heterocycles. The summed E-state index contributed by atoms with van der Waals surface area (Å²) in [7, 11) is 1.57. The zero-order chi connectivity index (χ0) is 15.4. The average Bonchev–Trinajstić information content (AvgIpc) is 2.94. The van der Waals surface area contributed by atoms with Crippen LogP contribution in [0.2, 0.25) is 0 Å². The first-order chi connectivity index (χ1) is 10.0. The molecule has 6 heteroatoms. The van der Waals surface area contributed by atoms with Gasteiger partial charge in [-0.1, -0.05) is 11.6 Å². The second kappa shape index (κ2) is 6.67. The Balaban J connectivity index is 2.15. The number of rotatable bonds is 4. The van der Waals surface area contributed by atoms with E-state index >= 15 is 0 Å². The van der Waals surface area contributed by atoms with Crippen molar-refractivity contribution in [3.8, 4) is 5.75 Å². The summed E-state index contributed by atoms with van der Waals surface area (Å²) >= 11 is 1.44. The van der Waals surface area contributed by atoms with E-state index in [0.29, 0.717) is 17.4 Å². The van der Waals surface area contributed by atoms with Crippen LogP contribution in [0, 0.1) is 6.92 Å². The fraction of sp³-hybridized carbons (Fsp3) is 0.333. The number of carbonyl (C=O) groups excluding carboxylic acids is 1. The SMILES string of the molecule is COc1ccc(C)cc1/C=C/C(=O)N1CSCC1C(=O)O. The van der Waals surface area contributed by atoms with Gasteiger partial charge in [0.05, 0.1) is 13.0 Å². The molecule has 0 radical (unpaired) electrons. The van der Waals surface area contributed by atoms with Crippen LogP contribution in [0.15, 0.2) is 24.3 Å². The Labute approximate surface area is 127 Å². The van der Waals surface area contributed by atoms with Gasteiger partial charge in [0.25, 0.3) is 0 Å². The van der Waals surface area contributed by atoms with Crippen LogP contribution >= 0.6 is 11.8 Å². The monoisotopic (exact) mass is 307 g/mol. The van der Waals surface area contributed by atoms with Gasteiger partial charge in [-0.3, -0.25) is 4.79 Å². The van der Waals surface area contributed by atoms with E-state index in [0.717, 1.165) is 11.1 Å². The van der Waals surface area contributed by atoms with E-state index in [9.17, 15) is 9.59 Å². The number of amides is 1. The third-order valence-electron chi connectivity index (χ3n) is 3.24. The molecule has 1 aliphatic rings. The van der Waals surface area contributed by atoms with Gasteiger partial charge in [-0.2, -0.15) is 0 Å². The lowest BCUT2D eigenvalue weighted by Gasteiger charge is -2.18. The van der Waals surface area contributed by atoms with E-state index in [1.54, 1.807) is 13.2 Å².